The highest BCUT2D eigenvalue weighted by atomic mass is 32.1. The predicted molar refractivity (Wildman–Crippen MR) is 118 cm³/mol. The minimum absolute atomic E-state index is 0.108. The first-order valence-corrected chi connectivity index (χ1v) is 10.6. The Bertz CT molecular complexity index is 1330. The van der Waals surface area contributed by atoms with Gasteiger partial charge in [0.25, 0.3) is 5.91 Å². The van der Waals surface area contributed by atoms with Crippen LogP contribution in [0.4, 0.5) is 0 Å². The summed E-state index contributed by atoms with van der Waals surface area (Å²) in [4.78, 5) is 19.6. The zero-order valence-corrected chi connectivity index (χ0v) is 18.1. The first-order chi connectivity index (χ1) is 15.0. The van der Waals surface area contributed by atoms with Gasteiger partial charge in [0.15, 0.2) is 10.5 Å². The largest absolute Gasteiger partial charge is 0.336 e. The van der Waals surface area contributed by atoms with Crippen molar-refractivity contribution in [3.63, 3.8) is 0 Å². The van der Waals surface area contributed by atoms with Gasteiger partial charge in [0.2, 0.25) is 0 Å². The van der Waals surface area contributed by atoms with E-state index in [1.807, 2.05) is 53.8 Å². The van der Waals surface area contributed by atoms with E-state index in [2.05, 4.69) is 25.5 Å². The number of benzene rings is 1. The Labute approximate surface area is 183 Å². The van der Waals surface area contributed by atoms with Gasteiger partial charge >= 0.3 is 0 Å². The number of piperidine rings is 1. The molecule has 158 valence electrons. The van der Waals surface area contributed by atoms with E-state index in [9.17, 15) is 4.79 Å². The Balaban J connectivity index is 1.45. The van der Waals surface area contributed by atoms with Crippen LogP contribution in [0.15, 0.2) is 36.5 Å². The van der Waals surface area contributed by atoms with Gasteiger partial charge in [-0.1, -0.05) is 11.3 Å². The maximum Gasteiger partial charge on any atom is 0.276 e. The molecule has 1 aromatic carbocycles. The number of hydrogen-bond donors (Lipinski definition) is 1. The van der Waals surface area contributed by atoms with Crippen molar-refractivity contribution in [2.24, 2.45) is 7.05 Å². The number of amides is 1. The summed E-state index contributed by atoms with van der Waals surface area (Å²) in [6, 6.07) is 9.73. The lowest BCUT2D eigenvalue weighted by Gasteiger charge is -2.31. The Morgan fingerprint density at radius 3 is 2.94 bits per heavy atom. The maximum atomic E-state index is 13.3. The highest BCUT2D eigenvalue weighted by Crippen LogP contribution is 2.27. The lowest BCUT2D eigenvalue weighted by molar-refractivity contribution is 0.0696. The van der Waals surface area contributed by atoms with Gasteiger partial charge in [0.1, 0.15) is 5.82 Å². The summed E-state index contributed by atoms with van der Waals surface area (Å²) in [7, 11) is 1.90. The maximum absolute atomic E-state index is 13.3. The third-order valence-electron chi connectivity index (χ3n) is 5.94. The van der Waals surface area contributed by atoms with Gasteiger partial charge in [-0.25, -0.2) is 4.68 Å². The lowest BCUT2D eigenvalue weighted by atomic mass is 9.97. The number of carbonyl (C=O) groups excluding carboxylic acids is 1. The van der Waals surface area contributed by atoms with Gasteiger partial charge in [-0.2, -0.15) is 5.10 Å². The van der Waals surface area contributed by atoms with E-state index in [1.165, 1.54) is 0 Å². The van der Waals surface area contributed by atoms with E-state index < -0.39 is 0 Å². The van der Waals surface area contributed by atoms with Crippen LogP contribution >= 0.6 is 12.2 Å². The number of likely N-dealkylation sites (tertiary alicyclic amines) is 1. The van der Waals surface area contributed by atoms with Crippen molar-refractivity contribution in [3.05, 3.63) is 58.5 Å². The second-order valence-corrected chi connectivity index (χ2v) is 8.21. The molecule has 9 nitrogen and oxygen atoms in total. The SMILES string of the molecule is Cc1c(C(=O)N2CCCC(c3n[nH]c(=S)n3C)C2)nnn1-c1cccc2ncccc12. The summed E-state index contributed by atoms with van der Waals surface area (Å²) < 4.78 is 4.18. The molecule has 10 heteroatoms. The van der Waals surface area contributed by atoms with Gasteiger partial charge in [0.05, 0.1) is 16.9 Å². The number of aromatic nitrogens is 7. The van der Waals surface area contributed by atoms with Crippen LogP contribution in [0.25, 0.3) is 16.6 Å². The van der Waals surface area contributed by atoms with Gasteiger partial charge in [-0.05, 0) is 56.2 Å². The number of fused-ring (bicyclic) bond motifs is 1. The number of nitrogens with one attached hydrogen (secondary N) is 1. The molecular formula is C21H22N8OS. The van der Waals surface area contributed by atoms with Gasteiger partial charge in [-0.15, -0.1) is 5.10 Å². The molecule has 1 aliphatic rings. The van der Waals surface area contributed by atoms with E-state index in [-0.39, 0.29) is 11.8 Å². The zero-order valence-electron chi connectivity index (χ0n) is 17.3. The summed E-state index contributed by atoms with van der Waals surface area (Å²) in [5, 5.41) is 16.7. The quantitative estimate of drug-likeness (QED) is 0.498. The molecule has 1 fully saturated rings. The molecule has 4 aromatic rings. The fraction of sp³-hybridized carbons (Fsp3) is 0.333. The second kappa shape index (κ2) is 7.69. The number of H-pyrrole nitrogens is 1. The predicted octanol–water partition coefficient (Wildman–Crippen LogP) is 2.93. The van der Waals surface area contributed by atoms with Crippen LogP contribution in [0.1, 0.15) is 40.8 Å². The lowest BCUT2D eigenvalue weighted by Crippen LogP contribution is -2.40. The molecule has 1 amide bonds. The van der Waals surface area contributed by atoms with E-state index in [1.54, 1.807) is 10.9 Å². The summed E-state index contributed by atoms with van der Waals surface area (Å²) in [6.45, 7) is 3.15. The van der Waals surface area contributed by atoms with Crippen molar-refractivity contribution in [1.82, 2.24) is 39.6 Å². The average Bonchev–Trinajstić information content (AvgIpc) is 3.35. The van der Waals surface area contributed by atoms with E-state index in [0.717, 1.165) is 35.3 Å². The van der Waals surface area contributed by atoms with Crippen LogP contribution < -0.4 is 0 Å². The normalized spacial score (nSPS) is 16.7. The second-order valence-electron chi connectivity index (χ2n) is 7.82. The fourth-order valence-corrected chi connectivity index (χ4v) is 4.41. The summed E-state index contributed by atoms with van der Waals surface area (Å²) >= 11 is 5.24. The number of aromatic amines is 1. The minimum Gasteiger partial charge on any atom is -0.336 e. The Hall–Kier alpha value is -3.40. The monoisotopic (exact) mass is 434 g/mol. The number of pyridine rings is 1. The molecule has 0 spiro atoms. The fourth-order valence-electron chi connectivity index (χ4n) is 4.27. The Morgan fingerprint density at radius 1 is 1.26 bits per heavy atom. The van der Waals surface area contributed by atoms with Gasteiger partial charge in [0, 0.05) is 37.6 Å². The minimum atomic E-state index is -0.108. The van der Waals surface area contributed by atoms with E-state index in [0.29, 0.717) is 29.2 Å². The van der Waals surface area contributed by atoms with Crippen LogP contribution in [-0.2, 0) is 7.05 Å². The van der Waals surface area contributed by atoms with Crippen molar-refractivity contribution in [2.75, 3.05) is 13.1 Å². The molecular weight excluding hydrogens is 412 g/mol. The molecule has 1 saturated heterocycles. The summed E-state index contributed by atoms with van der Waals surface area (Å²) in [5.74, 6) is 0.907. The smallest absolute Gasteiger partial charge is 0.276 e. The van der Waals surface area contributed by atoms with Crippen LogP contribution in [-0.4, -0.2) is 58.6 Å². The van der Waals surface area contributed by atoms with Crippen LogP contribution in [0.5, 0.6) is 0 Å². The van der Waals surface area contributed by atoms with E-state index >= 15 is 0 Å². The highest BCUT2D eigenvalue weighted by molar-refractivity contribution is 7.71. The average molecular weight is 435 g/mol. The van der Waals surface area contributed by atoms with Crippen molar-refractivity contribution in [1.29, 1.82) is 0 Å². The molecule has 0 bridgehead atoms. The number of nitrogens with zero attached hydrogens (tertiary/aromatic N) is 7. The Kier molecular flexibility index (Phi) is 4.85. The molecule has 5 rings (SSSR count). The summed E-state index contributed by atoms with van der Waals surface area (Å²) in [6.07, 6.45) is 3.63. The molecule has 1 aliphatic heterocycles. The van der Waals surface area contributed by atoms with Crippen molar-refractivity contribution < 1.29 is 4.79 Å². The Morgan fingerprint density at radius 2 is 2.13 bits per heavy atom. The third kappa shape index (κ3) is 3.32. The van der Waals surface area contributed by atoms with Crippen LogP contribution in [0, 0.1) is 11.7 Å². The molecule has 0 radical (unpaired) electrons. The van der Waals surface area contributed by atoms with Crippen molar-refractivity contribution in [2.45, 2.75) is 25.7 Å². The standard InChI is InChI=1S/C21H22N8OS/c1-13-18(23-26-29(13)17-9-3-8-16-15(17)7-4-10-22-16)20(30)28-11-5-6-14(12-28)19-24-25-21(31)27(19)2/h3-4,7-10,14H,5-6,11-12H2,1-2H3,(H,25,31). The molecule has 31 heavy (non-hydrogen) atoms. The zero-order chi connectivity index (χ0) is 21.5. The summed E-state index contributed by atoms with van der Waals surface area (Å²) in [5.41, 5.74) is 2.81. The van der Waals surface area contributed by atoms with Crippen molar-refractivity contribution >= 4 is 29.0 Å². The first kappa shape index (κ1) is 19.6. The first-order valence-electron chi connectivity index (χ1n) is 10.2. The molecule has 3 aromatic heterocycles. The molecule has 0 aliphatic carbocycles. The van der Waals surface area contributed by atoms with Gasteiger partial charge in [-0.3, -0.25) is 14.9 Å². The molecule has 0 saturated carbocycles. The molecule has 4 heterocycles. The molecule has 1 unspecified atom stereocenters. The van der Waals surface area contributed by atoms with Crippen LogP contribution in [0.2, 0.25) is 0 Å². The van der Waals surface area contributed by atoms with Crippen LogP contribution in [0.3, 0.4) is 0 Å². The molecule has 1 N–H and O–H groups in total. The third-order valence-corrected chi connectivity index (χ3v) is 6.30. The van der Waals surface area contributed by atoms with Gasteiger partial charge < -0.3 is 9.47 Å². The number of hydrogen-bond acceptors (Lipinski definition) is 6. The number of rotatable bonds is 3. The van der Waals surface area contributed by atoms with E-state index in [4.69, 9.17) is 12.2 Å². The van der Waals surface area contributed by atoms with Crippen molar-refractivity contribution in [3.8, 4) is 5.69 Å². The highest BCUT2D eigenvalue weighted by Gasteiger charge is 2.30. The topological polar surface area (TPSA) is 97.5 Å². The number of carbonyl (C=O) groups is 1. The molecule has 1 atom stereocenters.